The Kier molecular flexibility index (Phi) is 9.41. The van der Waals surface area contributed by atoms with Crippen LogP contribution in [0.4, 0.5) is 17.1 Å². The molecule has 0 bridgehead atoms. The van der Waals surface area contributed by atoms with Gasteiger partial charge in [-0.1, -0.05) is 36.4 Å². The highest BCUT2D eigenvalue weighted by Gasteiger charge is 2.34. The van der Waals surface area contributed by atoms with Crippen molar-refractivity contribution in [2.75, 3.05) is 42.9 Å². The highest BCUT2D eigenvalue weighted by Crippen LogP contribution is 2.38. The lowest BCUT2D eigenvalue weighted by Gasteiger charge is -2.41. The maximum absolute atomic E-state index is 12.6. The number of nitro benzene ring substituents is 1. The number of pyridine rings is 1. The number of hydrogen-bond acceptors (Lipinski definition) is 9. The van der Waals surface area contributed by atoms with Gasteiger partial charge in [-0.3, -0.25) is 24.8 Å². The second-order valence-electron chi connectivity index (χ2n) is 11.2. The van der Waals surface area contributed by atoms with Gasteiger partial charge in [-0.2, -0.15) is 0 Å². The van der Waals surface area contributed by atoms with Gasteiger partial charge < -0.3 is 24.8 Å². The molecule has 0 saturated carbocycles. The molecule has 4 aromatic rings. The van der Waals surface area contributed by atoms with Crippen molar-refractivity contribution in [3.05, 3.63) is 130 Å². The number of hydrogen-bond donors (Lipinski definition) is 2. The van der Waals surface area contributed by atoms with Crippen LogP contribution in [-0.2, 0) is 16.1 Å². The summed E-state index contributed by atoms with van der Waals surface area (Å²) < 4.78 is 13.0. The van der Waals surface area contributed by atoms with Crippen molar-refractivity contribution in [3.63, 3.8) is 0 Å². The van der Waals surface area contributed by atoms with Crippen LogP contribution in [0.2, 0.25) is 0 Å². The number of anilines is 2. The smallest absolute Gasteiger partial charge is 0.269 e. The van der Waals surface area contributed by atoms with E-state index in [9.17, 15) is 20.0 Å². The van der Waals surface area contributed by atoms with Crippen molar-refractivity contribution in [1.82, 2.24) is 9.88 Å². The van der Waals surface area contributed by atoms with Crippen molar-refractivity contribution < 1.29 is 24.3 Å². The van der Waals surface area contributed by atoms with Gasteiger partial charge in [-0.25, -0.2) is 0 Å². The molecular formula is C34H35N5O6. The summed E-state index contributed by atoms with van der Waals surface area (Å²) in [5, 5.41) is 23.4. The summed E-state index contributed by atoms with van der Waals surface area (Å²) in [7, 11) is 0. The van der Waals surface area contributed by atoms with Gasteiger partial charge in [0.2, 0.25) is 0 Å². The van der Waals surface area contributed by atoms with Crippen LogP contribution in [0, 0.1) is 10.1 Å². The molecule has 0 aliphatic carbocycles. The van der Waals surface area contributed by atoms with Crippen molar-refractivity contribution in [2.24, 2.45) is 0 Å². The predicted octanol–water partition coefficient (Wildman–Crippen LogP) is 5.10. The Hall–Kier alpha value is -4.68. The molecule has 11 heteroatoms. The summed E-state index contributed by atoms with van der Waals surface area (Å²) in [6, 6.07) is 25.4. The van der Waals surface area contributed by atoms with Gasteiger partial charge >= 0.3 is 0 Å². The minimum Gasteiger partial charge on any atom is -0.392 e. The van der Waals surface area contributed by atoms with E-state index in [2.05, 4.69) is 20.1 Å². The summed E-state index contributed by atoms with van der Waals surface area (Å²) in [4.78, 5) is 31.8. The molecule has 2 aliphatic heterocycles. The first-order chi connectivity index (χ1) is 21.9. The molecule has 2 aliphatic rings. The van der Waals surface area contributed by atoms with Gasteiger partial charge in [0.1, 0.15) is 0 Å². The maximum Gasteiger partial charge on any atom is 0.269 e. The van der Waals surface area contributed by atoms with E-state index in [0.29, 0.717) is 17.7 Å². The number of benzene rings is 3. The van der Waals surface area contributed by atoms with E-state index in [1.807, 2.05) is 60.7 Å². The van der Waals surface area contributed by atoms with Gasteiger partial charge in [-0.15, -0.1) is 0 Å². The molecule has 45 heavy (non-hydrogen) atoms. The fourth-order valence-electron chi connectivity index (χ4n) is 5.72. The summed E-state index contributed by atoms with van der Waals surface area (Å²) in [6.45, 7) is 4.01. The van der Waals surface area contributed by atoms with Crippen LogP contribution in [0.1, 0.15) is 45.9 Å². The van der Waals surface area contributed by atoms with Crippen LogP contribution in [0.5, 0.6) is 0 Å². The summed E-state index contributed by atoms with van der Waals surface area (Å²) in [6.07, 6.45) is 2.93. The first kappa shape index (κ1) is 30.4. The van der Waals surface area contributed by atoms with Gasteiger partial charge in [-0.05, 0) is 47.5 Å². The van der Waals surface area contributed by atoms with Crippen LogP contribution in [-0.4, -0.2) is 64.6 Å². The molecule has 232 valence electrons. The third-order valence-corrected chi connectivity index (χ3v) is 8.24. The Morgan fingerprint density at radius 3 is 2.29 bits per heavy atom. The van der Waals surface area contributed by atoms with E-state index >= 15 is 0 Å². The second kappa shape index (κ2) is 14.0. The first-order valence-electron chi connectivity index (χ1n) is 15.0. The van der Waals surface area contributed by atoms with Crippen molar-refractivity contribution in [3.8, 4) is 0 Å². The highest BCUT2D eigenvalue weighted by molar-refractivity contribution is 6.04. The number of non-ortho nitro benzene ring substituents is 1. The number of aliphatic hydroxyl groups is 1. The molecule has 2 N–H and O–H groups in total. The fraction of sp³-hybridized carbons (Fsp3) is 0.294. The molecule has 11 nitrogen and oxygen atoms in total. The maximum atomic E-state index is 12.6. The summed E-state index contributed by atoms with van der Waals surface area (Å²) >= 11 is 0. The summed E-state index contributed by atoms with van der Waals surface area (Å²) in [5.41, 5.74) is 4.91. The van der Waals surface area contributed by atoms with E-state index in [-0.39, 0.29) is 35.3 Å². The average Bonchev–Trinajstić information content (AvgIpc) is 3.09. The fourth-order valence-corrected chi connectivity index (χ4v) is 5.72. The van der Waals surface area contributed by atoms with Crippen LogP contribution in [0.15, 0.2) is 97.3 Å². The number of rotatable bonds is 9. The molecule has 0 unspecified atom stereocenters. The molecule has 2 saturated heterocycles. The zero-order valence-electron chi connectivity index (χ0n) is 24.7. The molecule has 6 rings (SSSR count). The first-order valence-corrected chi connectivity index (χ1v) is 15.0. The van der Waals surface area contributed by atoms with Crippen molar-refractivity contribution in [2.45, 2.75) is 31.5 Å². The number of carbonyl (C=O) groups is 1. The zero-order valence-corrected chi connectivity index (χ0v) is 24.7. The average molecular weight is 610 g/mol. The number of aliphatic hydroxyl groups excluding tert-OH is 1. The molecule has 3 atom stereocenters. The molecule has 1 aromatic heterocycles. The van der Waals surface area contributed by atoms with Crippen LogP contribution in [0.3, 0.4) is 0 Å². The number of piperazine rings is 1. The molecule has 3 heterocycles. The number of ether oxygens (including phenoxy) is 2. The van der Waals surface area contributed by atoms with Crippen molar-refractivity contribution in [1.29, 1.82) is 0 Å². The quantitative estimate of drug-likeness (QED) is 0.197. The molecule has 0 radical (unpaired) electrons. The van der Waals surface area contributed by atoms with Gasteiger partial charge in [0.05, 0.1) is 29.3 Å². The zero-order chi connectivity index (χ0) is 31.2. The minimum atomic E-state index is -0.601. The monoisotopic (exact) mass is 609 g/mol. The Labute approximate surface area is 261 Å². The SMILES string of the molecule is O=C(Nc1ccc([C@@H]2O[C@H](CN3CCN(c4ccc([N+](=O)[O-])cc4)CC3)C[C@H](c3ccc(CO)cc3)O2)cc1)c1cccnc1. The Balaban J connectivity index is 1.12. The highest BCUT2D eigenvalue weighted by atomic mass is 16.7. The number of aromatic nitrogens is 1. The van der Waals surface area contributed by atoms with Gasteiger partial charge in [0.25, 0.3) is 11.6 Å². The molecule has 2 fully saturated rings. The third-order valence-electron chi connectivity index (χ3n) is 8.24. The number of carbonyl (C=O) groups excluding carboxylic acids is 1. The summed E-state index contributed by atoms with van der Waals surface area (Å²) in [5.74, 6) is -0.235. The number of nitro groups is 1. The Bertz CT molecular complexity index is 1580. The minimum absolute atomic E-state index is 0.0182. The van der Waals surface area contributed by atoms with Gasteiger partial charge in [0.15, 0.2) is 6.29 Å². The normalized spacial score (nSPS) is 20.5. The third kappa shape index (κ3) is 7.52. The molecule has 3 aromatic carbocycles. The number of nitrogens with one attached hydrogen (secondary N) is 1. The lowest BCUT2D eigenvalue weighted by atomic mass is 9.99. The topological polar surface area (TPSA) is 130 Å². The second-order valence-corrected chi connectivity index (χ2v) is 11.2. The van der Waals surface area contributed by atoms with E-state index in [4.69, 9.17) is 9.47 Å². The van der Waals surface area contributed by atoms with Gasteiger partial charge in [0, 0.05) is 80.6 Å². The molecular weight excluding hydrogens is 574 g/mol. The lowest BCUT2D eigenvalue weighted by Crippen LogP contribution is -2.49. The Morgan fingerprint density at radius 2 is 1.64 bits per heavy atom. The predicted molar refractivity (Wildman–Crippen MR) is 169 cm³/mol. The van der Waals surface area contributed by atoms with E-state index in [0.717, 1.165) is 55.1 Å². The lowest BCUT2D eigenvalue weighted by molar-refractivity contribution is -0.384. The number of nitrogens with zero attached hydrogens (tertiary/aromatic N) is 4. The van der Waals surface area contributed by atoms with Crippen LogP contribution >= 0.6 is 0 Å². The molecule has 1 amide bonds. The van der Waals surface area contributed by atoms with Crippen LogP contribution < -0.4 is 10.2 Å². The molecule has 0 spiro atoms. The van der Waals surface area contributed by atoms with E-state index < -0.39 is 6.29 Å². The largest absolute Gasteiger partial charge is 0.392 e. The van der Waals surface area contributed by atoms with Crippen LogP contribution in [0.25, 0.3) is 0 Å². The number of amides is 1. The standard InChI is InChI=1S/C34H35N5O6/c40-23-24-3-5-25(6-4-24)32-20-31(22-37-16-18-38(19-17-37)29-11-13-30(14-12-29)39(42)43)44-34(45-32)26-7-9-28(10-8-26)36-33(41)27-2-1-15-35-21-27/h1-15,21,31-32,34,40H,16-20,22-23H2,(H,36,41)/t31-,32+,34+/m0/s1. The van der Waals surface area contributed by atoms with E-state index in [1.54, 1.807) is 30.5 Å². The Morgan fingerprint density at radius 1 is 0.933 bits per heavy atom. The van der Waals surface area contributed by atoms with Crippen molar-refractivity contribution >= 4 is 23.0 Å². The van der Waals surface area contributed by atoms with E-state index in [1.165, 1.54) is 6.20 Å².